The molecule has 0 aliphatic carbocycles. The summed E-state index contributed by atoms with van der Waals surface area (Å²) in [6.07, 6.45) is 0. The van der Waals surface area contributed by atoms with E-state index >= 15 is 0 Å². The van der Waals surface area contributed by atoms with Crippen molar-refractivity contribution < 1.29 is 18.9 Å². The highest BCUT2D eigenvalue weighted by Gasteiger charge is 2.26. The fourth-order valence-corrected chi connectivity index (χ4v) is 4.00. The molecule has 8 nitrogen and oxygen atoms in total. The smallest absolute Gasteiger partial charge is 0.254 e. The molecule has 1 fully saturated rings. The lowest BCUT2D eigenvalue weighted by atomic mass is 9.95. The van der Waals surface area contributed by atoms with Gasteiger partial charge in [0.15, 0.2) is 11.6 Å². The molecular formula is C26H28N4O4. The Bertz CT molecular complexity index is 1230. The molecule has 34 heavy (non-hydrogen) atoms. The number of benzene rings is 2. The predicted octanol–water partition coefficient (Wildman–Crippen LogP) is 3.23. The van der Waals surface area contributed by atoms with Crippen LogP contribution in [-0.4, -0.2) is 65.3 Å². The van der Waals surface area contributed by atoms with Gasteiger partial charge in [0.25, 0.3) is 5.91 Å². The van der Waals surface area contributed by atoms with Crippen molar-refractivity contribution >= 4 is 23.4 Å². The van der Waals surface area contributed by atoms with E-state index in [2.05, 4.69) is 10.5 Å². The van der Waals surface area contributed by atoms with Crippen LogP contribution in [0.25, 0.3) is 0 Å². The highest BCUT2D eigenvalue weighted by Crippen LogP contribution is 2.20. The lowest BCUT2D eigenvalue weighted by Crippen LogP contribution is -2.50. The molecule has 4 rings (SSSR count). The topological polar surface area (TPSA) is 95.8 Å². The Morgan fingerprint density at radius 2 is 1.62 bits per heavy atom. The van der Waals surface area contributed by atoms with E-state index in [9.17, 15) is 14.4 Å². The van der Waals surface area contributed by atoms with Crippen molar-refractivity contribution in [3.05, 3.63) is 82.1 Å². The number of nitrogens with one attached hydrogen (secondary N) is 1. The van der Waals surface area contributed by atoms with Crippen LogP contribution in [0, 0.1) is 20.8 Å². The largest absolute Gasteiger partial charge is 0.360 e. The Kier molecular flexibility index (Phi) is 6.88. The number of aromatic nitrogens is 1. The van der Waals surface area contributed by atoms with Crippen molar-refractivity contribution in [3.63, 3.8) is 0 Å². The summed E-state index contributed by atoms with van der Waals surface area (Å²) in [7, 11) is 0. The molecular weight excluding hydrogens is 432 g/mol. The van der Waals surface area contributed by atoms with E-state index in [1.54, 1.807) is 48.2 Å². The van der Waals surface area contributed by atoms with Gasteiger partial charge in [-0.25, -0.2) is 0 Å². The van der Waals surface area contributed by atoms with Crippen molar-refractivity contribution in [3.8, 4) is 0 Å². The fraction of sp³-hybridized carbons (Fsp3) is 0.308. The molecule has 1 aromatic heterocycles. The van der Waals surface area contributed by atoms with Crippen LogP contribution < -0.4 is 5.32 Å². The predicted molar refractivity (Wildman–Crippen MR) is 128 cm³/mol. The average Bonchev–Trinajstić information content (AvgIpc) is 3.24. The first kappa shape index (κ1) is 23.4. The SMILES string of the molecule is Cc1cc(NC(=O)CN2CCN(C(=O)c3ccccc3C(=O)c3ccc(C)c(C)c3)CC2)no1. The number of hydrogen-bond donors (Lipinski definition) is 1. The lowest BCUT2D eigenvalue weighted by Gasteiger charge is -2.34. The number of carbonyl (C=O) groups excluding carboxylic acids is 3. The quantitative estimate of drug-likeness (QED) is 0.568. The maximum Gasteiger partial charge on any atom is 0.254 e. The zero-order chi connectivity index (χ0) is 24.2. The Morgan fingerprint density at radius 3 is 2.26 bits per heavy atom. The van der Waals surface area contributed by atoms with Gasteiger partial charge in [0, 0.05) is 43.4 Å². The maximum atomic E-state index is 13.3. The van der Waals surface area contributed by atoms with Gasteiger partial charge in [0.2, 0.25) is 5.91 Å². The van der Waals surface area contributed by atoms with Gasteiger partial charge in [0.1, 0.15) is 5.76 Å². The second-order valence-corrected chi connectivity index (χ2v) is 8.61. The summed E-state index contributed by atoms with van der Waals surface area (Å²) in [6.45, 7) is 7.99. The van der Waals surface area contributed by atoms with Crippen LogP contribution in [0.5, 0.6) is 0 Å². The number of anilines is 1. The molecule has 1 saturated heterocycles. The molecule has 0 radical (unpaired) electrons. The summed E-state index contributed by atoms with van der Waals surface area (Å²) < 4.78 is 4.96. The van der Waals surface area contributed by atoms with E-state index in [4.69, 9.17) is 4.52 Å². The van der Waals surface area contributed by atoms with Gasteiger partial charge < -0.3 is 14.7 Å². The molecule has 2 amide bonds. The minimum Gasteiger partial charge on any atom is -0.360 e. The van der Waals surface area contributed by atoms with Crippen molar-refractivity contribution in [2.75, 3.05) is 38.0 Å². The molecule has 1 aliphatic heterocycles. The first-order valence-corrected chi connectivity index (χ1v) is 11.3. The van der Waals surface area contributed by atoms with Crippen LogP contribution in [-0.2, 0) is 4.79 Å². The van der Waals surface area contributed by atoms with Gasteiger partial charge in [-0.3, -0.25) is 19.3 Å². The number of ketones is 1. The van der Waals surface area contributed by atoms with E-state index in [1.165, 1.54) is 0 Å². The van der Waals surface area contributed by atoms with Gasteiger partial charge in [-0.2, -0.15) is 0 Å². The van der Waals surface area contributed by atoms with Crippen LogP contribution in [0.1, 0.15) is 43.2 Å². The molecule has 2 heterocycles. The molecule has 3 aromatic rings. The summed E-state index contributed by atoms with van der Waals surface area (Å²) in [4.78, 5) is 42.5. The van der Waals surface area contributed by atoms with Crippen LogP contribution >= 0.6 is 0 Å². The number of rotatable bonds is 6. The van der Waals surface area contributed by atoms with Crippen molar-refractivity contribution in [1.29, 1.82) is 0 Å². The zero-order valence-electron chi connectivity index (χ0n) is 19.6. The Balaban J connectivity index is 1.39. The molecule has 8 heteroatoms. The van der Waals surface area contributed by atoms with Gasteiger partial charge in [-0.1, -0.05) is 35.5 Å². The van der Waals surface area contributed by atoms with E-state index in [-0.39, 0.29) is 24.1 Å². The Labute approximate surface area is 198 Å². The number of nitrogens with zero attached hydrogens (tertiary/aromatic N) is 3. The first-order chi connectivity index (χ1) is 16.3. The third-order valence-electron chi connectivity index (χ3n) is 6.09. The molecule has 1 aliphatic rings. The summed E-state index contributed by atoms with van der Waals surface area (Å²) in [6, 6.07) is 14.2. The standard InChI is InChI=1S/C26H28N4O4/c1-17-8-9-20(14-18(17)2)25(32)21-6-4-5-7-22(21)26(33)30-12-10-29(11-13-30)16-24(31)27-23-15-19(3)34-28-23/h4-9,14-15H,10-13,16H2,1-3H3,(H,27,28,31). The average molecular weight is 461 g/mol. The Morgan fingerprint density at radius 1 is 0.912 bits per heavy atom. The van der Waals surface area contributed by atoms with Crippen LogP contribution in [0.2, 0.25) is 0 Å². The monoisotopic (exact) mass is 460 g/mol. The van der Waals surface area contributed by atoms with Crippen LogP contribution in [0.15, 0.2) is 53.1 Å². The Hall–Kier alpha value is -3.78. The molecule has 1 N–H and O–H groups in total. The maximum absolute atomic E-state index is 13.3. The molecule has 176 valence electrons. The van der Waals surface area contributed by atoms with Gasteiger partial charge >= 0.3 is 0 Å². The van der Waals surface area contributed by atoms with Crippen LogP contribution in [0.3, 0.4) is 0 Å². The highest BCUT2D eigenvalue weighted by atomic mass is 16.5. The number of amides is 2. The molecule has 0 spiro atoms. The summed E-state index contributed by atoms with van der Waals surface area (Å²) in [5.74, 6) is 0.498. The van der Waals surface area contributed by atoms with Crippen molar-refractivity contribution in [2.45, 2.75) is 20.8 Å². The number of carbonyl (C=O) groups is 3. The van der Waals surface area contributed by atoms with E-state index in [0.29, 0.717) is 54.4 Å². The molecule has 0 atom stereocenters. The van der Waals surface area contributed by atoms with E-state index in [0.717, 1.165) is 11.1 Å². The number of aryl methyl sites for hydroxylation is 3. The third-order valence-corrected chi connectivity index (χ3v) is 6.09. The summed E-state index contributed by atoms with van der Waals surface area (Å²) in [5, 5.41) is 6.47. The third kappa shape index (κ3) is 5.23. The summed E-state index contributed by atoms with van der Waals surface area (Å²) >= 11 is 0. The van der Waals surface area contributed by atoms with Gasteiger partial charge in [-0.15, -0.1) is 0 Å². The van der Waals surface area contributed by atoms with E-state index < -0.39 is 0 Å². The van der Waals surface area contributed by atoms with Gasteiger partial charge in [0.05, 0.1) is 12.1 Å². The number of hydrogen-bond acceptors (Lipinski definition) is 6. The summed E-state index contributed by atoms with van der Waals surface area (Å²) in [5.41, 5.74) is 3.53. The van der Waals surface area contributed by atoms with Gasteiger partial charge in [-0.05, 0) is 44.0 Å². The second-order valence-electron chi connectivity index (χ2n) is 8.61. The first-order valence-electron chi connectivity index (χ1n) is 11.3. The zero-order valence-corrected chi connectivity index (χ0v) is 19.6. The molecule has 0 bridgehead atoms. The van der Waals surface area contributed by atoms with Crippen molar-refractivity contribution in [1.82, 2.24) is 15.0 Å². The van der Waals surface area contributed by atoms with Crippen molar-refractivity contribution in [2.24, 2.45) is 0 Å². The highest BCUT2D eigenvalue weighted by molar-refractivity contribution is 6.15. The van der Waals surface area contributed by atoms with E-state index in [1.807, 2.05) is 30.9 Å². The fourth-order valence-electron chi connectivity index (χ4n) is 4.00. The molecule has 0 unspecified atom stereocenters. The number of piperazine rings is 1. The minimum absolute atomic E-state index is 0.162. The normalized spacial score (nSPS) is 14.1. The molecule has 0 saturated carbocycles. The second kappa shape index (κ2) is 10.0. The molecule has 2 aromatic carbocycles. The lowest BCUT2D eigenvalue weighted by molar-refractivity contribution is -0.117. The van der Waals surface area contributed by atoms with Crippen LogP contribution in [0.4, 0.5) is 5.82 Å². The minimum atomic E-state index is -0.183.